The first-order valence-electron chi connectivity index (χ1n) is 12.1. The van der Waals surface area contributed by atoms with Crippen molar-refractivity contribution in [3.63, 3.8) is 0 Å². The van der Waals surface area contributed by atoms with Crippen molar-refractivity contribution in [3.8, 4) is 11.8 Å². The minimum absolute atomic E-state index is 0.691. The summed E-state index contributed by atoms with van der Waals surface area (Å²) in [5.41, 5.74) is 5.56. The van der Waals surface area contributed by atoms with Crippen molar-refractivity contribution in [1.82, 2.24) is 0 Å². The quantitative estimate of drug-likeness (QED) is 0.310. The Kier molecular flexibility index (Phi) is 9.30. The highest BCUT2D eigenvalue weighted by atomic mass is 14.3. The molecule has 0 amide bonds. The zero-order valence-electron chi connectivity index (χ0n) is 19.0. The van der Waals surface area contributed by atoms with E-state index < -0.39 is 0 Å². The van der Waals surface area contributed by atoms with Crippen LogP contribution in [-0.2, 0) is 12.8 Å². The molecule has 0 nitrogen and oxygen atoms in total. The highest BCUT2D eigenvalue weighted by Gasteiger charge is 2.20. The lowest BCUT2D eigenvalue weighted by atomic mass is 9.78. The van der Waals surface area contributed by atoms with E-state index in [9.17, 15) is 0 Å². The molecule has 158 valence electrons. The van der Waals surface area contributed by atoms with Crippen LogP contribution < -0.4 is 0 Å². The van der Waals surface area contributed by atoms with Gasteiger partial charge in [-0.05, 0) is 91.7 Å². The van der Waals surface area contributed by atoms with Crippen molar-refractivity contribution in [2.45, 2.75) is 84.0 Å². The molecule has 2 aromatic carbocycles. The number of allylic oxidation sites excluding steroid dienone is 2. The SMILES string of the molecule is CCCCCc1ccc(C#CC=CC2CCC(c3ccc(CCC)cc3)CC2)cc1. The molecule has 2 aromatic rings. The van der Waals surface area contributed by atoms with Gasteiger partial charge in [-0.25, -0.2) is 0 Å². The molecular weight excluding hydrogens is 360 g/mol. The third-order valence-corrected chi connectivity index (χ3v) is 6.45. The molecule has 0 bridgehead atoms. The van der Waals surface area contributed by atoms with Crippen LogP contribution in [0.15, 0.2) is 60.7 Å². The molecule has 0 aliphatic heterocycles. The van der Waals surface area contributed by atoms with Gasteiger partial charge in [0.1, 0.15) is 0 Å². The third-order valence-electron chi connectivity index (χ3n) is 6.45. The third kappa shape index (κ3) is 7.21. The van der Waals surface area contributed by atoms with Gasteiger partial charge in [0, 0.05) is 5.56 Å². The van der Waals surface area contributed by atoms with E-state index in [-0.39, 0.29) is 0 Å². The summed E-state index contributed by atoms with van der Waals surface area (Å²) < 4.78 is 0. The van der Waals surface area contributed by atoms with Crippen LogP contribution in [0.5, 0.6) is 0 Å². The Morgan fingerprint density at radius 2 is 1.43 bits per heavy atom. The minimum atomic E-state index is 0.691. The monoisotopic (exact) mass is 398 g/mol. The molecule has 1 aliphatic rings. The van der Waals surface area contributed by atoms with Gasteiger partial charge in [-0.1, -0.05) is 87.4 Å². The summed E-state index contributed by atoms with van der Waals surface area (Å²) in [6.45, 7) is 4.50. The first-order chi connectivity index (χ1) is 14.8. The van der Waals surface area contributed by atoms with Gasteiger partial charge >= 0.3 is 0 Å². The van der Waals surface area contributed by atoms with E-state index in [0.29, 0.717) is 5.92 Å². The van der Waals surface area contributed by atoms with Gasteiger partial charge in [-0.15, -0.1) is 0 Å². The molecule has 0 atom stereocenters. The van der Waals surface area contributed by atoms with Crippen LogP contribution in [0.3, 0.4) is 0 Å². The maximum Gasteiger partial charge on any atom is 0.0249 e. The molecule has 0 heteroatoms. The van der Waals surface area contributed by atoms with E-state index in [4.69, 9.17) is 0 Å². The first-order valence-corrected chi connectivity index (χ1v) is 12.1. The molecule has 1 fully saturated rings. The molecule has 0 unspecified atom stereocenters. The highest BCUT2D eigenvalue weighted by molar-refractivity contribution is 5.38. The van der Waals surface area contributed by atoms with Gasteiger partial charge in [0.2, 0.25) is 0 Å². The van der Waals surface area contributed by atoms with Crippen LogP contribution >= 0.6 is 0 Å². The fourth-order valence-electron chi connectivity index (χ4n) is 4.53. The number of hydrogen-bond donors (Lipinski definition) is 0. The first kappa shape index (κ1) is 22.4. The van der Waals surface area contributed by atoms with E-state index in [2.05, 4.69) is 86.4 Å². The van der Waals surface area contributed by atoms with Gasteiger partial charge < -0.3 is 0 Å². The zero-order valence-corrected chi connectivity index (χ0v) is 19.0. The predicted octanol–water partition coefficient (Wildman–Crippen LogP) is 8.25. The Morgan fingerprint density at radius 3 is 2.10 bits per heavy atom. The lowest BCUT2D eigenvalue weighted by Gasteiger charge is -2.27. The van der Waals surface area contributed by atoms with Crippen molar-refractivity contribution in [1.29, 1.82) is 0 Å². The maximum absolute atomic E-state index is 3.29. The lowest BCUT2D eigenvalue weighted by Crippen LogP contribution is -2.11. The molecule has 0 spiro atoms. The molecule has 0 radical (unpaired) electrons. The second-order valence-corrected chi connectivity index (χ2v) is 8.89. The standard InChI is InChI=1S/C30H38/c1-3-5-6-10-26-13-15-27(16-14-26)11-7-8-12-28-19-23-30(24-20-28)29-21-17-25(9-4-2)18-22-29/h8,12-18,21-22,28,30H,3-6,9-10,19-20,23-24H2,1-2H3. The molecule has 0 saturated heterocycles. The summed E-state index contributed by atoms with van der Waals surface area (Å²) in [4.78, 5) is 0. The maximum atomic E-state index is 3.29. The molecule has 0 aromatic heterocycles. The van der Waals surface area contributed by atoms with E-state index in [1.807, 2.05) is 0 Å². The summed E-state index contributed by atoms with van der Waals surface area (Å²) in [5, 5.41) is 0. The second kappa shape index (κ2) is 12.4. The number of unbranched alkanes of at least 4 members (excludes halogenated alkanes) is 2. The normalized spacial score (nSPS) is 18.9. The predicted molar refractivity (Wildman–Crippen MR) is 131 cm³/mol. The van der Waals surface area contributed by atoms with Crippen molar-refractivity contribution in [3.05, 3.63) is 82.9 Å². The average Bonchev–Trinajstić information content (AvgIpc) is 2.79. The largest absolute Gasteiger partial charge is 0.0730 e. The van der Waals surface area contributed by atoms with Gasteiger partial charge in [-0.2, -0.15) is 0 Å². The van der Waals surface area contributed by atoms with E-state index in [0.717, 1.165) is 11.5 Å². The molecule has 0 N–H and O–H groups in total. The highest BCUT2D eigenvalue weighted by Crippen LogP contribution is 2.36. The molecule has 0 heterocycles. The Morgan fingerprint density at radius 1 is 0.767 bits per heavy atom. The van der Waals surface area contributed by atoms with E-state index in [1.54, 1.807) is 0 Å². The fourth-order valence-corrected chi connectivity index (χ4v) is 4.53. The summed E-state index contributed by atoms with van der Waals surface area (Å²) in [5.74, 6) is 7.98. The molecular formula is C30H38. The number of rotatable bonds is 8. The Hall–Kier alpha value is -2.26. The van der Waals surface area contributed by atoms with Crippen molar-refractivity contribution < 1.29 is 0 Å². The minimum Gasteiger partial charge on any atom is -0.0730 e. The lowest BCUT2D eigenvalue weighted by molar-refractivity contribution is 0.376. The molecule has 1 saturated carbocycles. The number of hydrogen-bond acceptors (Lipinski definition) is 0. The topological polar surface area (TPSA) is 0 Å². The van der Waals surface area contributed by atoms with Gasteiger partial charge in [0.05, 0.1) is 0 Å². The summed E-state index contributed by atoms with van der Waals surface area (Å²) in [6.07, 6.45) is 17.1. The van der Waals surface area contributed by atoms with Crippen LogP contribution in [0.4, 0.5) is 0 Å². The number of benzene rings is 2. The second-order valence-electron chi connectivity index (χ2n) is 8.89. The van der Waals surface area contributed by atoms with Gasteiger partial charge in [0.25, 0.3) is 0 Å². The Labute approximate surface area is 184 Å². The van der Waals surface area contributed by atoms with Crippen LogP contribution in [0.25, 0.3) is 0 Å². The van der Waals surface area contributed by atoms with Crippen molar-refractivity contribution in [2.24, 2.45) is 5.92 Å². The van der Waals surface area contributed by atoms with E-state index in [1.165, 1.54) is 80.9 Å². The summed E-state index contributed by atoms with van der Waals surface area (Å²) in [7, 11) is 0. The summed E-state index contributed by atoms with van der Waals surface area (Å²) in [6, 6.07) is 18.2. The molecule has 3 rings (SSSR count). The molecule has 1 aliphatic carbocycles. The zero-order chi connectivity index (χ0) is 21.0. The van der Waals surface area contributed by atoms with Crippen LogP contribution in [-0.4, -0.2) is 0 Å². The van der Waals surface area contributed by atoms with Gasteiger partial charge in [0.15, 0.2) is 0 Å². The smallest absolute Gasteiger partial charge is 0.0249 e. The van der Waals surface area contributed by atoms with E-state index >= 15 is 0 Å². The Bertz CT molecular complexity index is 818. The average molecular weight is 399 g/mol. The van der Waals surface area contributed by atoms with Crippen LogP contribution in [0, 0.1) is 17.8 Å². The van der Waals surface area contributed by atoms with Crippen LogP contribution in [0.2, 0.25) is 0 Å². The van der Waals surface area contributed by atoms with Gasteiger partial charge in [-0.3, -0.25) is 0 Å². The number of aryl methyl sites for hydroxylation is 2. The van der Waals surface area contributed by atoms with Crippen molar-refractivity contribution in [2.75, 3.05) is 0 Å². The molecule has 30 heavy (non-hydrogen) atoms. The Balaban J connectivity index is 1.43. The summed E-state index contributed by atoms with van der Waals surface area (Å²) >= 11 is 0. The fraction of sp³-hybridized carbons (Fsp3) is 0.467. The van der Waals surface area contributed by atoms with Crippen LogP contribution in [0.1, 0.15) is 93.4 Å². The van der Waals surface area contributed by atoms with Crippen molar-refractivity contribution >= 4 is 0 Å².